The van der Waals surface area contributed by atoms with E-state index in [1.54, 1.807) is 16.8 Å². The number of hydrogen-bond acceptors (Lipinski definition) is 10. The van der Waals surface area contributed by atoms with Crippen molar-refractivity contribution in [3.05, 3.63) is 54.5 Å². The number of anilines is 1. The molecular formula is C21H25N4O7P. The minimum atomic E-state index is -3.90. The number of aliphatic hydroxyl groups excluding tert-OH is 1. The lowest BCUT2D eigenvalue weighted by atomic mass is 9.96. The summed E-state index contributed by atoms with van der Waals surface area (Å²) in [5, 5.41) is 22.4. The molecule has 4 N–H and O–H groups in total. The SMILES string of the molecule is C[C@@]1(O)[C@H](O)[C@@H](CO[P@@]2(=O)OCC[C@@H](c3ccccc3)O2)O[C@H]1n1ccc2c(N)ncnc21. The van der Waals surface area contributed by atoms with Gasteiger partial charge < -0.3 is 25.3 Å². The molecule has 33 heavy (non-hydrogen) atoms. The van der Waals surface area contributed by atoms with E-state index in [-0.39, 0.29) is 19.0 Å². The monoisotopic (exact) mass is 476 g/mol. The second-order valence-corrected chi connectivity index (χ2v) is 9.91. The molecule has 11 nitrogen and oxygen atoms in total. The predicted molar refractivity (Wildman–Crippen MR) is 117 cm³/mol. The van der Waals surface area contributed by atoms with E-state index in [1.165, 1.54) is 13.3 Å². The summed E-state index contributed by atoms with van der Waals surface area (Å²) in [7, 11) is -3.90. The standard InChI is InChI=1S/C21H25N4O7P/c1-21(27)17(26)16(31-20(21)25-9-7-14-18(22)23-12-24-19(14)25)11-30-33(28)29-10-8-15(32-33)13-5-3-2-4-6-13/h2-7,9,12,15-17,20,26-27H,8,10-11H2,1H3,(H2,22,23,24)/t15-,16+,17+,20+,21+,33+/m0/s1. The molecule has 5 rings (SSSR count). The van der Waals surface area contributed by atoms with E-state index in [1.807, 2.05) is 30.3 Å². The van der Waals surface area contributed by atoms with Crippen molar-refractivity contribution in [2.24, 2.45) is 0 Å². The summed E-state index contributed by atoms with van der Waals surface area (Å²) in [4.78, 5) is 8.17. The van der Waals surface area contributed by atoms with Crippen LogP contribution in [0.1, 0.15) is 31.2 Å². The van der Waals surface area contributed by atoms with Crippen LogP contribution in [-0.4, -0.2) is 55.8 Å². The summed E-state index contributed by atoms with van der Waals surface area (Å²) < 4.78 is 37.0. The highest BCUT2D eigenvalue weighted by Crippen LogP contribution is 2.57. The second-order valence-electron chi connectivity index (χ2n) is 8.29. The summed E-state index contributed by atoms with van der Waals surface area (Å²) >= 11 is 0. The number of phosphoric acid groups is 1. The molecule has 0 unspecified atom stereocenters. The van der Waals surface area contributed by atoms with Crippen molar-refractivity contribution >= 4 is 24.7 Å². The van der Waals surface area contributed by atoms with Gasteiger partial charge in [-0.2, -0.15) is 0 Å². The number of nitrogen functional groups attached to an aromatic ring is 1. The molecule has 2 saturated heterocycles. The van der Waals surface area contributed by atoms with Crippen molar-refractivity contribution in [3.63, 3.8) is 0 Å². The summed E-state index contributed by atoms with van der Waals surface area (Å²) in [5.41, 5.74) is 5.50. The van der Waals surface area contributed by atoms with Gasteiger partial charge in [0, 0.05) is 12.6 Å². The molecular weight excluding hydrogens is 451 g/mol. The smallest absolute Gasteiger partial charge is 0.387 e. The van der Waals surface area contributed by atoms with Gasteiger partial charge in [0.15, 0.2) is 6.23 Å². The first-order valence-corrected chi connectivity index (χ1v) is 12.0. The Balaban J connectivity index is 1.31. The van der Waals surface area contributed by atoms with Gasteiger partial charge in [-0.1, -0.05) is 30.3 Å². The van der Waals surface area contributed by atoms with Crippen LogP contribution in [0.5, 0.6) is 0 Å². The first-order valence-electron chi connectivity index (χ1n) is 10.5. The number of nitrogens with two attached hydrogens (primary N) is 1. The minimum Gasteiger partial charge on any atom is -0.387 e. The number of benzene rings is 1. The molecule has 0 aliphatic carbocycles. The van der Waals surface area contributed by atoms with Gasteiger partial charge in [-0.05, 0) is 18.6 Å². The first-order chi connectivity index (χ1) is 15.8. The van der Waals surface area contributed by atoms with E-state index in [2.05, 4.69) is 9.97 Å². The Morgan fingerprint density at radius 2 is 2.09 bits per heavy atom. The molecule has 4 heterocycles. The van der Waals surface area contributed by atoms with Crippen LogP contribution in [0.2, 0.25) is 0 Å². The average molecular weight is 476 g/mol. The van der Waals surface area contributed by atoms with E-state index < -0.39 is 38.0 Å². The maximum absolute atomic E-state index is 13.1. The summed E-state index contributed by atoms with van der Waals surface area (Å²) in [6.07, 6.45) is -0.308. The number of nitrogens with zero attached hydrogens (tertiary/aromatic N) is 3. The van der Waals surface area contributed by atoms with E-state index in [9.17, 15) is 14.8 Å². The fourth-order valence-electron chi connectivity index (χ4n) is 4.20. The lowest BCUT2D eigenvalue weighted by Crippen LogP contribution is -2.44. The molecule has 0 saturated carbocycles. The largest absolute Gasteiger partial charge is 0.475 e. The lowest BCUT2D eigenvalue weighted by molar-refractivity contribution is -0.0950. The number of aromatic nitrogens is 3. The van der Waals surface area contributed by atoms with E-state index in [4.69, 9.17) is 24.0 Å². The molecule has 2 aliphatic rings. The zero-order valence-electron chi connectivity index (χ0n) is 17.9. The number of aliphatic hydroxyl groups is 2. The van der Waals surface area contributed by atoms with Crippen LogP contribution in [0.3, 0.4) is 0 Å². The number of rotatable bonds is 5. The fraction of sp³-hybridized carbons (Fsp3) is 0.429. The van der Waals surface area contributed by atoms with E-state index >= 15 is 0 Å². The molecule has 0 spiro atoms. The van der Waals surface area contributed by atoms with Crippen molar-refractivity contribution in [3.8, 4) is 0 Å². The molecule has 2 fully saturated rings. The molecule has 176 valence electrons. The van der Waals surface area contributed by atoms with Crippen molar-refractivity contribution in [2.45, 2.75) is 43.5 Å². The topological polar surface area (TPSA) is 151 Å². The van der Waals surface area contributed by atoms with Gasteiger partial charge in [-0.15, -0.1) is 0 Å². The summed E-state index contributed by atoms with van der Waals surface area (Å²) in [5.74, 6) is 0.287. The van der Waals surface area contributed by atoms with Crippen molar-refractivity contribution < 1.29 is 33.1 Å². The molecule has 6 atom stereocenters. The third-order valence-corrected chi connectivity index (χ3v) is 7.48. The molecule has 0 bridgehead atoms. The highest BCUT2D eigenvalue weighted by molar-refractivity contribution is 7.48. The molecule has 2 aliphatic heterocycles. The molecule has 0 amide bonds. The van der Waals surface area contributed by atoms with Crippen LogP contribution in [0.4, 0.5) is 5.82 Å². The molecule has 3 aromatic rings. The molecule has 12 heteroatoms. The fourth-order valence-corrected chi connectivity index (χ4v) is 5.59. The average Bonchev–Trinajstić information content (AvgIpc) is 3.33. The Morgan fingerprint density at radius 3 is 2.88 bits per heavy atom. The highest BCUT2D eigenvalue weighted by Gasteiger charge is 2.54. The van der Waals surface area contributed by atoms with E-state index in [0.717, 1.165) is 5.56 Å². The third kappa shape index (κ3) is 4.06. The zero-order chi connectivity index (χ0) is 23.2. The van der Waals surface area contributed by atoms with Gasteiger partial charge in [-0.3, -0.25) is 13.6 Å². The Hall–Kier alpha value is -2.37. The zero-order valence-corrected chi connectivity index (χ0v) is 18.7. The Bertz CT molecular complexity index is 1190. The summed E-state index contributed by atoms with van der Waals surface area (Å²) in [6, 6.07) is 11.1. The van der Waals surface area contributed by atoms with Gasteiger partial charge in [0.05, 0.1) is 24.7 Å². The van der Waals surface area contributed by atoms with Crippen LogP contribution in [0.15, 0.2) is 48.9 Å². The van der Waals surface area contributed by atoms with Gasteiger partial charge in [0.25, 0.3) is 0 Å². The van der Waals surface area contributed by atoms with Crippen LogP contribution in [0, 0.1) is 0 Å². The predicted octanol–water partition coefficient (Wildman–Crippen LogP) is 2.33. The summed E-state index contributed by atoms with van der Waals surface area (Å²) in [6.45, 7) is 1.32. The number of hydrogen-bond donors (Lipinski definition) is 3. The van der Waals surface area contributed by atoms with Gasteiger partial charge in [-0.25, -0.2) is 14.5 Å². The van der Waals surface area contributed by atoms with Gasteiger partial charge in [0.2, 0.25) is 0 Å². The van der Waals surface area contributed by atoms with Crippen molar-refractivity contribution in [1.82, 2.24) is 14.5 Å². The molecule has 0 radical (unpaired) electrons. The van der Waals surface area contributed by atoms with Gasteiger partial charge in [0.1, 0.15) is 35.6 Å². The highest BCUT2D eigenvalue weighted by atomic mass is 31.2. The van der Waals surface area contributed by atoms with Crippen LogP contribution < -0.4 is 5.73 Å². The first kappa shape index (κ1) is 22.4. The second kappa shape index (κ2) is 8.44. The quantitative estimate of drug-likeness (QED) is 0.468. The van der Waals surface area contributed by atoms with Crippen molar-refractivity contribution in [1.29, 1.82) is 0 Å². The Labute approximate surface area is 189 Å². The number of fused-ring (bicyclic) bond motifs is 1. The Morgan fingerprint density at radius 1 is 1.30 bits per heavy atom. The normalized spacial score (nSPS) is 34.6. The van der Waals surface area contributed by atoms with Crippen LogP contribution in [0.25, 0.3) is 11.0 Å². The maximum atomic E-state index is 13.1. The Kier molecular flexibility index (Phi) is 5.74. The van der Waals surface area contributed by atoms with Crippen LogP contribution in [-0.2, 0) is 22.9 Å². The van der Waals surface area contributed by atoms with E-state index in [0.29, 0.717) is 17.5 Å². The number of ether oxygens (including phenoxy) is 1. The molecule has 2 aromatic heterocycles. The number of phosphoric ester groups is 1. The third-order valence-electron chi connectivity index (χ3n) is 6.00. The lowest BCUT2D eigenvalue weighted by Gasteiger charge is -2.30. The van der Waals surface area contributed by atoms with Gasteiger partial charge >= 0.3 is 7.82 Å². The minimum absolute atomic E-state index is 0.196. The van der Waals surface area contributed by atoms with Crippen LogP contribution >= 0.6 is 7.82 Å². The molecule has 1 aromatic carbocycles. The maximum Gasteiger partial charge on any atom is 0.475 e. The van der Waals surface area contributed by atoms with Crippen molar-refractivity contribution in [2.75, 3.05) is 18.9 Å².